The van der Waals surface area contributed by atoms with E-state index in [1.54, 1.807) is 30.3 Å². The molecule has 1 aliphatic rings. The van der Waals surface area contributed by atoms with Crippen molar-refractivity contribution in [3.05, 3.63) is 41.2 Å². The van der Waals surface area contributed by atoms with Gasteiger partial charge in [0.15, 0.2) is 0 Å². The zero-order valence-electron chi connectivity index (χ0n) is 16.6. The summed E-state index contributed by atoms with van der Waals surface area (Å²) in [6, 6.07) is 5.45. The van der Waals surface area contributed by atoms with Crippen LogP contribution in [0.5, 0.6) is 5.75 Å². The molecule has 1 fully saturated rings. The molecule has 1 saturated heterocycles. The third-order valence-electron chi connectivity index (χ3n) is 4.67. The SMILES string of the molecule is Cc1cc(OCCN(C)C(=O)Cn2cc(NC(=O)C3CCCO3)cn2)ccc1Cl. The maximum absolute atomic E-state index is 12.4. The lowest BCUT2D eigenvalue weighted by Crippen LogP contribution is -2.33. The first-order valence-corrected chi connectivity index (χ1v) is 9.88. The molecule has 0 saturated carbocycles. The molecule has 1 aliphatic heterocycles. The number of benzene rings is 1. The summed E-state index contributed by atoms with van der Waals surface area (Å²) < 4.78 is 12.5. The fourth-order valence-electron chi connectivity index (χ4n) is 2.91. The van der Waals surface area contributed by atoms with Crippen LogP contribution in [-0.2, 0) is 20.9 Å². The summed E-state index contributed by atoms with van der Waals surface area (Å²) in [5.74, 6) is 0.424. The monoisotopic (exact) mass is 420 g/mol. The first-order valence-electron chi connectivity index (χ1n) is 9.50. The van der Waals surface area contributed by atoms with Crippen molar-refractivity contribution in [2.45, 2.75) is 32.4 Å². The summed E-state index contributed by atoms with van der Waals surface area (Å²) in [6.07, 6.45) is 4.36. The molecule has 2 amide bonds. The number of hydrogen-bond acceptors (Lipinski definition) is 5. The Labute approximate surface area is 174 Å². The molecular formula is C20H25ClN4O4. The van der Waals surface area contributed by atoms with Crippen molar-refractivity contribution in [3.8, 4) is 5.75 Å². The van der Waals surface area contributed by atoms with Crippen molar-refractivity contribution in [3.63, 3.8) is 0 Å². The second-order valence-electron chi connectivity index (χ2n) is 6.99. The Bertz CT molecular complexity index is 864. The molecule has 0 radical (unpaired) electrons. The van der Waals surface area contributed by atoms with Crippen LogP contribution in [-0.4, -0.2) is 59.4 Å². The number of aryl methyl sites for hydroxylation is 1. The summed E-state index contributed by atoms with van der Waals surface area (Å²) in [6.45, 7) is 3.40. The van der Waals surface area contributed by atoms with Crippen molar-refractivity contribution in [1.29, 1.82) is 0 Å². The van der Waals surface area contributed by atoms with Crippen molar-refractivity contribution < 1.29 is 19.1 Å². The van der Waals surface area contributed by atoms with Gasteiger partial charge in [-0.15, -0.1) is 0 Å². The molecule has 0 bridgehead atoms. The van der Waals surface area contributed by atoms with Crippen LogP contribution >= 0.6 is 11.6 Å². The predicted octanol–water partition coefficient (Wildman–Crippen LogP) is 2.50. The molecule has 0 aliphatic carbocycles. The number of carbonyl (C=O) groups excluding carboxylic acids is 2. The van der Waals surface area contributed by atoms with Crippen LogP contribution in [0.1, 0.15) is 18.4 Å². The van der Waals surface area contributed by atoms with Gasteiger partial charge in [-0.05, 0) is 43.5 Å². The highest BCUT2D eigenvalue weighted by molar-refractivity contribution is 6.31. The van der Waals surface area contributed by atoms with Crippen LogP contribution in [0, 0.1) is 6.92 Å². The standard InChI is InChI=1S/C20H25ClN4O4/c1-14-10-16(5-6-17(14)21)28-9-7-24(2)19(26)13-25-12-15(11-22-25)23-20(27)18-4-3-8-29-18/h5-6,10-12,18H,3-4,7-9,13H2,1-2H3,(H,23,27). The Hall–Kier alpha value is -2.58. The molecule has 2 aromatic rings. The van der Waals surface area contributed by atoms with Gasteiger partial charge in [0.2, 0.25) is 5.91 Å². The number of nitrogens with one attached hydrogen (secondary N) is 1. The molecule has 8 nitrogen and oxygen atoms in total. The van der Waals surface area contributed by atoms with Crippen LogP contribution < -0.4 is 10.1 Å². The van der Waals surface area contributed by atoms with Gasteiger partial charge in [-0.2, -0.15) is 5.10 Å². The number of likely N-dealkylation sites (N-methyl/N-ethyl adjacent to an activating group) is 1. The second kappa shape index (κ2) is 9.76. The second-order valence-corrected chi connectivity index (χ2v) is 7.40. The summed E-state index contributed by atoms with van der Waals surface area (Å²) in [5, 5.41) is 7.59. The van der Waals surface area contributed by atoms with E-state index in [9.17, 15) is 9.59 Å². The molecule has 2 heterocycles. The van der Waals surface area contributed by atoms with E-state index in [2.05, 4.69) is 10.4 Å². The molecular weight excluding hydrogens is 396 g/mol. The Kier molecular flexibility index (Phi) is 7.11. The number of aromatic nitrogens is 2. The molecule has 156 valence electrons. The smallest absolute Gasteiger partial charge is 0.253 e. The van der Waals surface area contributed by atoms with E-state index < -0.39 is 6.10 Å². The number of anilines is 1. The van der Waals surface area contributed by atoms with Gasteiger partial charge in [0, 0.05) is 24.9 Å². The Morgan fingerprint density at radius 3 is 3.00 bits per heavy atom. The van der Waals surface area contributed by atoms with Crippen LogP contribution in [0.15, 0.2) is 30.6 Å². The molecule has 1 N–H and O–H groups in total. The predicted molar refractivity (Wildman–Crippen MR) is 109 cm³/mol. The highest BCUT2D eigenvalue weighted by atomic mass is 35.5. The minimum Gasteiger partial charge on any atom is -0.492 e. The van der Waals surface area contributed by atoms with Gasteiger partial charge in [-0.25, -0.2) is 0 Å². The number of hydrogen-bond donors (Lipinski definition) is 1. The lowest BCUT2D eigenvalue weighted by molar-refractivity contribution is -0.131. The summed E-state index contributed by atoms with van der Waals surface area (Å²) in [4.78, 5) is 26.0. The molecule has 3 rings (SSSR count). The van der Waals surface area contributed by atoms with Gasteiger partial charge in [0.05, 0.1) is 18.4 Å². The van der Waals surface area contributed by atoms with E-state index in [-0.39, 0.29) is 18.4 Å². The van der Waals surface area contributed by atoms with Gasteiger partial charge in [0.25, 0.3) is 5.91 Å². The Morgan fingerprint density at radius 1 is 1.45 bits per heavy atom. The maximum Gasteiger partial charge on any atom is 0.253 e. The number of ether oxygens (including phenoxy) is 2. The highest BCUT2D eigenvalue weighted by Crippen LogP contribution is 2.21. The average molecular weight is 421 g/mol. The molecule has 1 aromatic carbocycles. The van der Waals surface area contributed by atoms with Gasteiger partial charge in [-0.3, -0.25) is 14.3 Å². The van der Waals surface area contributed by atoms with Crippen LogP contribution in [0.3, 0.4) is 0 Å². The lowest BCUT2D eigenvalue weighted by atomic mass is 10.2. The minimum absolute atomic E-state index is 0.0757. The number of rotatable bonds is 8. The molecule has 9 heteroatoms. The Morgan fingerprint density at radius 2 is 2.28 bits per heavy atom. The first kappa shape index (κ1) is 21.1. The average Bonchev–Trinajstić information content (AvgIpc) is 3.37. The van der Waals surface area contributed by atoms with Crippen molar-refractivity contribution in [2.75, 3.05) is 32.1 Å². The normalized spacial score (nSPS) is 15.9. The van der Waals surface area contributed by atoms with Gasteiger partial charge in [0.1, 0.15) is 25.0 Å². The van der Waals surface area contributed by atoms with Crippen molar-refractivity contribution >= 4 is 29.1 Å². The van der Waals surface area contributed by atoms with E-state index in [0.29, 0.717) is 36.2 Å². The van der Waals surface area contributed by atoms with Crippen LogP contribution in [0.25, 0.3) is 0 Å². The van der Waals surface area contributed by atoms with Crippen LogP contribution in [0.4, 0.5) is 5.69 Å². The van der Waals surface area contributed by atoms with Gasteiger partial charge < -0.3 is 19.7 Å². The van der Waals surface area contributed by atoms with Gasteiger partial charge >= 0.3 is 0 Å². The molecule has 1 unspecified atom stereocenters. The largest absolute Gasteiger partial charge is 0.492 e. The minimum atomic E-state index is -0.407. The topological polar surface area (TPSA) is 85.7 Å². The van der Waals surface area contributed by atoms with E-state index in [0.717, 1.165) is 18.4 Å². The third kappa shape index (κ3) is 5.95. The molecule has 1 aromatic heterocycles. The summed E-state index contributed by atoms with van der Waals surface area (Å²) in [5.41, 5.74) is 1.48. The van der Waals surface area contributed by atoms with E-state index in [1.165, 1.54) is 10.9 Å². The van der Waals surface area contributed by atoms with Gasteiger partial charge in [-0.1, -0.05) is 11.6 Å². The first-order chi connectivity index (χ1) is 13.9. The quantitative estimate of drug-likeness (QED) is 0.709. The van der Waals surface area contributed by atoms with Crippen LogP contribution in [0.2, 0.25) is 5.02 Å². The molecule has 0 spiro atoms. The molecule has 29 heavy (non-hydrogen) atoms. The van der Waals surface area contributed by atoms with Crippen molar-refractivity contribution in [1.82, 2.24) is 14.7 Å². The summed E-state index contributed by atoms with van der Waals surface area (Å²) >= 11 is 6.00. The zero-order valence-corrected chi connectivity index (χ0v) is 17.3. The summed E-state index contributed by atoms with van der Waals surface area (Å²) in [7, 11) is 1.71. The Balaban J connectivity index is 1.42. The van der Waals surface area contributed by atoms with E-state index >= 15 is 0 Å². The zero-order chi connectivity index (χ0) is 20.8. The van der Waals surface area contributed by atoms with Crippen molar-refractivity contribution in [2.24, 2.45) is 0 Å². The molecule has 1 atom stereocenters. The number of halogens is 1. The fourth-order valence-corrected chi connectivity index (χ4v) is 3.03. The third-order valence-corrected chi connectivity index (χ3v) is 5.09. The van der Waals surface area contributed by atoms with E-state index in [1.807, 2.05) is 13.0 Å². The number of amides is 2. The number of nitrogens with zero attached hydrogens (tertiary/aromatic N) is 3. The fraction of sp³-hybridized carbons (Fsp3) is 0.450. The number of carbonyl (C=O) groups is 2. The maximum atomic E-state index is 12.4. The van der Waals surface area contributed by atoms with E-state index in [4.69, 9.17) is 21.1 Å². The highest BCUT2D eigenvalue weighted by Gasteiger charge is 2.23. The lowest BCUT2D eigenvalue weighted by Gasteiger charge is -2.17.